The first-order valence-electron chi connectivity index (χ1n) is 21.8. The minimum absolute atomic E-state index is 0.0479. The van der Waals surface area contributed by atoms with Crippen LogP contribution in [0.15, 0.2) is 36.0 Å². The zero-order valence-corrected chi connectivity index (χ0v) is 33.6. The summed E-state index contributed by atoms with van der Waals surface area (Å²) < 4.78 is 6.13. The number of allylic oxidation sites excluding steroid dienone is 5. The van der Waals surface area contributed by atoms with Crippen LogP contribution in [0.5, 0.6) is 0 Å². The van der Waals surface area contributed by atoms with E-state index in [-0.39, 0.29) is 12.1 Å². The summed E-state index contributed by atoms with van der Waals surface area (Å²) in [4.78, 5) is 12.8. The van der Waals surface area contributed by atoms with E-state index in [4.69, 9.17) is 4.74 Å². The fraction of sp³-hybridized carbons (Fsp3) is 0.851. The van der Waals surface area contributed by atoms with E-state index in [2.05, 4.69) is 78.8 Å². The monoisotopic (exact) mass is 677 g/mol. The molecule has 0 aliphatic heterocycles. The Kier molecular flexibility index (Phi) is 16.6. The molecule has 280 valence electrons. The molecule has 0 spiro atoms. The van der Waals surface area contributed by atoms with Gasteiger partial charge >= 0.3 is 5.97 Å². The summed E-state index contributed by atoms with van der Waals surface area (Å²) in [7, 11) is 0. The van der Waals surface area contributed by atoms with Gasteiger partial charge in [-0.15, -0.1) is 0 Å². The molecule has 0 bridgehead atoms. The van der Waals surface area contributed by atoms with E-state index in [0.717, 1.165) is 73.5 Å². The highest BCUT2D eigenvalue weighted by molar-refractivity contribution is 5.69. The Hall–Kier alpha value is -1.31. The van der Waals surface area contributed by atoms with Crippen molar-refractivity contribution < 1.29 is 9.53 Å². The third-order valence-corrected chi connectivity index (χ3v) is 14.9. The predicted octanol–water partition coefficient (Wildman–Crippen LogP) is 14.4. The lowest BCUT2D eigenvalue weighted by Gasteiger charge is -2.58. The minimum atomic E-state index is 0.0479. The molecule has 3 fully saturated rings. The largest absolute Gasteiger partial charge is 0.462 e. The zero-order chi connectivity index (χ0) is 35.3. The van der Waals surface area contributed by atoms with Crippen molar-refractivity contribution >= 4 is 5.97 Å². The van der Waals surface area contributed by atoms with Gasteiger partial charge in [0.2, 0.25) is 0 Å². The summed E-state index contributed by atoms with van der Waals surface area (Å²) in [6, 6.07) is 0. The van der Waals surface area contributed by atoms with E-state index >= 15 is 0 Å². The van der Waals surface area contributed by atoms with Crippen LogP contribution in [0.25, 0.3) is 0 Å². The molecule has 0 aromatic rings. The molecule has 2 heteroatoms. The number of carbonyl (C=O) groups is 1. The molecule has 4 aliphatic rings. The van der Waals surface area contributed by atoms with E-state index in [1.54, 1.807) is 5.57 Å². The van der Waals surface area contributed by atoms with E-state index in [1.165, 1.54) is 109 Å². The molecular formula is C47H80O2. The van der Waals surface area contributed by atoms with Gasteiger partial charge in [0.05, 0.1) is 0 Å². The van der Waals surface area contributed by atoms with Gasteiger partial charge in [0.25, 0.3) is 0 Å². The number of ether oxygens (including phenoxy) is 1. The maximum absolute atomic E-state index is 12.8. The summed E-state index contributed by atoms with van der Waals surface area (Å²) in [5, 5.41) is 0. The van der Waals surface area contributed by atoms with Gasteiger partial charge in [-0.1, -0.05) is 129 Å². The Morgan fingerprint density at radius 3 is 2.27 bits per heavy atom. The normalized spacial score (nSPS) is 32.6. The molecule has 0 aromatic heterocycles. The molecule has 4 aliphatic carbocycles. The average molecular weight is 677 g/mol. The lowest BCUT2D eigenvalue weighted by atomic mass is 9.47. The minimum Gasteiger partial charge on any atom is -0.462 e. The van der Waals surface area contributed by atoms with Crippen LogP contribution in [0, 0.1) is 52.3 Å². The van der Waals surface area contributed by atoms with Crippen molar-refractivity contribution in [2.45, 2.75) is 202 Å². The number of unbranched alkanes of at least 4 members (excludes halogenated alkanes) is 8. The molecule has 0 radical (unpaired) electrons. The van der Waals surface area contributed by atoms with Gasteiger partial charge in [0.1, 0.15) is 6.10 Å². The highest BCUT2D eigenvalue weighted by atomic mass is 16.5. The maximum Gasteiger partial charge on any atom is 0.306 e. The second kappa shape index (κ2) is 20.1. The Morgan fingerprint density at radius 2 is 1.55 bits per heavy atom. The van der Waals surface area contributed by atoms with Crippen molar-refractivity contribution in [3.05, 3.63) is 36.0 Å². The van der Waals surface area contributed by atoms with Gasteiger partial charge in [0.15, 0.2) is 0 Å². The topological polar surface area (TPSA) is 26.3 Å². The van der Waals surface area contributed by atoms with Crippen LogP contribution < -0.4 is 0 Å². The SMILES string of the molecule is CCCCC/C=C/C/C=C/CCCCCCCC(=O)O[C@H]1CC[C@@]2(C)C(=CC[C@H]3[C@@H]4CC[C@H]([C@H](C)CC[C@@H](CC)C(C)C)[C@@]4(C)CC[C@@H]32)C1. The highest BCUT2D eigenvalue weighted by Gasteiger charge is 2.59. The van der Waals surface area contributed by atoms with Crippen LogP contribution in [-0.2, 0) is 9.53 Å². The highest BCUT2D eigenvalue weighted by Crippen LogP contribution is 2.67. The lowest BCUT2D eigenvalue weighted by molar-refractivity contribution is -0.151. The molecule has 0 heterocycles. The molecule has 3 saturated carbocycles. The van der Waals surface area contributed by atoms with Gasteiger partial charge in [-0.05, 0) is 142 Å². The lowest BCUT2D eigenvalue weighted by Crippen LogP contribution is -2.51. The summed E-state index contributed by atoms with van der Waals surface area (Å²) in [6.45, 7) is 17.4. The van der Waals surface area contributed by atoms with Gasteiger partial charge in [-0.3, -0.25) is 4.79 Å². The number of esters is 1. The van der Waals surface area contributed by atoms with Crippen LogP contribution in [0.1, 0.15) is 196 Å². The van der Waals surface area contributed by atoms with Gasteiger partial charge in [0, 0.05) is 12.8 Å². The summed E-state index contributed by atoms with van der Waals surface area (Å²) in [6.07, 6.45) is 40.5. The number of hydrogen-bond donors (Lipinski definition) is 0. The Labute approximate surface area is 305 Å². The quantitative estimate of drug-likeness (QED) is 0.0687. The predicted molar refractivity (Wildman–Crippen MR) is 211 cm³/mol. The van der Waals surface area contributed by atoms with Crippen LogP contribution in [0.4, 0.5) is 0 Å². The molecule has 2 nitrogen and oxygen atoms in total. The van der Waals surface area contributed by atoms with Crippen LogP contribution >= 0.6 is 0 Å². The van der Waals surface area contributed by atoms with Crippen molar-refractivity contribution in [1.82, 2.24) is 0 Å². The molecule has 9 atom stereocenters. The van der Waals surface area contributed by atoms with Gasteiger partial charge in [-0.2, -0.15) is 0 Å². The Bertz CT molecular complexity index is 1070. The molecule has 0 amide bonds. The van der Waals surface area contributed by atoms with E-state index in [9.17, 15) is 4.79 Å². The number of fused-ring (bicyclic) bond motifs is 5. The van der Waals surface area contributed by atoms with E-state index in [0.29, 0.717) is 17.3 Å². The van der Waals surface area contributed by atoms with Crippen LogP contribution in [0.2, 0.25) is 0 Å². The summed E-state index contributed by atoms with van der Waals surface area (Å²) >= 11 is 0. The van der Waals surface area contributed by atoms with E-state index in [1.807, 2.05) is 0 Å². The third-order valence-electron chi connectivity index (χ3n) is 14.9. The molecule has 0 unspecified atom stereocenters. The molecule has 49 heavy (non-hydrogen) atoms. The van der Waals surface area contributed by atoms with Crippen molar-refractivity contribution in [1.29, 1.82) is 0 Å². The fourth-order valence-electron chi connectivity index (χ4n) is 11.7. The zero-order valence-electron chi connectivity index (χ0n) is 33.6. The smallest absolute Gasteiger partial charge is 0.306 e. The van der Waals surface area contributed by atoms with Crippen molar-refractivity contribution in [2.75, 3.05) is 0 Å². The van der Waals surface area contributed by atoms with Gasteiger partial charge in [-0.25, -0.2) is 0 Å². The second-order valence-electron chi connectivity index (χ2n) is 18.3. The van der Waals surface area contributed by atoms with Crippen molar-refractivity contribution in [3.8, 4) is 0 Å². The summed E-state index contributed by atoms with van der Waals surface area (Å²) in [5.74, 6) is 6.13. The van der Waals surface area contributed by atoms with Crippen molar-refractivity contribution in [3.63, 3.8) is 0 Å². The second-order valence-corrected chi connectivity index (χ2v) is 18.3. The first-order valence-corrected chi connectivity index (χ1v) is 21.8. The third kappa shape index (κ3) is 10.9. The standard InChI is InChI=1S/C47H80O2/c1-8-10-11-12-13-14-15-16-17-18-19-20-21-22-23-24-45(48)49-40-31-33-46(6)39(35-40)27-28-41-43-30-29-42(47(43,7)34-32-44(41)46)37(5)25-26-38(9-2)36(3)4/h13-14,16-17,27,36-38,40-44H,8-12,15,18-26,28-35H2,1-7H3/b14-13+,17-16+/t37-,38-,40+,41+,42-,43+,44+,46+,47-/m1/s1. The van der Waals surface area contributed by atoms with Crippen LogP contribution in [0.3, 0.4) is 0 Å². The summed E-state index contributed by atoms with van der Waals surface area (Å²) in [5.41, 5.74) is 2.50. The molecule has 0 saturated heterocycles. The first kappa shape index (κ1) is 40.5. The number of carbonyl (C=O) groups excluding carboxylic acids is 1. The Balaban J connectivity index is 1.14. The molecule has 0 aromatic carbocycles. The fourth-order valence-corrected chi connectivity index (χ4v) is 11.7. The van der Waals surface area contributed by atoms with Crippen LogP contribution in [-0.4, -0.2) is 12.1 Å². The van der Waals surface area contributed by atoms with Crippen molar-refractivity contribution in [2.24, 2.45) is 52.3 Å². The Morgan fingerprint density at radius 1 is 0.837 bits per heavy atom. The maximum atomic E-state index is 12.8. The molecule has 4 rings (SSSR count). The average Bonchev–Trinajstić information content (AvgIpc) is 3.44. The van der Waals surface area contributed by atoms with E-state index < -0.39 is 0 Å². The molecule has 0 N–H and O–H groups in total. The molecular weight excluding hydrogens is 597 g/mol. The number of rotatable bonds is 21. The first-order chi connectivity index (χ1) is 23.6. The number of hydrogen-bond acceptors (Lipinski definition) is 2. The van der Waals surface area contributed by atoms with Gasteiger partial charge < -0.3 is 4.74 Å².